The largest absolute Gasteiger partial charge is 0.509 e. The summed E-state index contributed by atoms with van der Waals surface area (Å²) in [5, 5.41) is 21.8. The highest BCUT2D eigenvalue weighted by atomic mass is 19.1. The smallest absolute Gasteiger partial charge is 0.478 e. The van der Waals surface area contributed by atoms with Gasteiger partial charge in [-0.2, -0.15) is 0 Å². The first kappa shape index (κ1) is 25.9. The van der Waals surface area contributed by atoms with Crippen LogP contribution in [-0.4, -0.2) is 52.1 Å². The Morgan fingerprint density at radius 2 is 1.94 bits per heavy atom. The van der Waals surface area contributed by atoms with Gasteiger partial charge < -0.3 is 19.7 Å². The number of carbonyl (C=O) groups excluding carboxylic acids is 2. The second kappa shape index (κ2) is 8.71. The second-order valence-electron chi connectivity index (χ2n) is 11.3. The molecule has 8 atom stereocenters. The molecule has 0 spiro atoms. The van der Waals surface area contributed by atoms with Gasteiger partial charge in [0.15, 0.2) is 11.5 Å². The summed E-state index contributed by atoms with van der Waals surface area (Å²) in [5.41, 5.74) is -5.73. The Labute approximate surface area is 205 Å². The number of aliphatic hydroxyl groups excluding tert-OH is 1. The van der Waals surface area contributed by atoms with E-state index >= 15 is 4.39 Å². The fourth-order valence-electron chi connectivity index (χ4n) is 7.92. The van der Waals surface area contributed by atoms with Crippen molar-refractivity contribution in [2.75, 3.05) is 6.61 Å². The van der Waals surface area contributed by atoms with Gasteiger partial charge in [-0.05, 0) is 57.1 Å². The quantitative estimate of drug-likeness (QED) is 0.406. The number of ether oxygens (including phenoxy) is 2. The molecule has 0 unspecified atom stereocenters. The fourth-order valence-corrected chi connectivity index (χ4v) is 7.92. The van der Waals surface area contributed by atoms with Crippen molar-refractivity contribution in [2.24, 2.45) is 28.6 Å². The first-order valence-electron chi connectivity index (χ1n) is 12.8. The lowest BCUT2D eigenvalue weighted by Gasteiger charge is -2.62. The van der Waals surface area contributed by atoms with Crippen LogP contribution in [0.2, 0.25) is 0 Å². The number of ketones is 1. The molecule has 35 heavy (non-hydrogen) atoms. The van der Waals surface area contributed by atoms with Gasteiger partial charge in [0.1, 0.15) is 0 Å². The molecule has 7 nitrogen and oxygen atoms in total. The fraction of sp³-hybridized carbons (Fsp3) is 0.741. The maximum absolute atomic E-state index is 17.2. The summed E-state index contributed by atoms with van der Waals surface area (Å²) < 4.78 is 28.1. The van der Waals surface area contributed by atoms with Gasteiger partial charge in [-0.15, -0.1) is 0 Å². The number of carboxylic acid groups (broad SMARTS) is 1. The van der Waals surface area contributed by atoms with Crippen molar-refractivity contribution in [2.45, 2.75) is 90.0 Å². The predicted molar refractivity (Wildman–Crippen MR) is 125 cm³/mol. The number of halogens is 1. The van der Waals surface area contributed by atoms with Crippen LogP contribution >= 0.6 is 0 Å². The zero-order valence-electron chi connectivity index (χ0n) is 21.0. The highest BCUT2D eigenvalue weighted by Crippen LogP contribution is 2.71. The molecule has 3 saturated carbocycles. The molecule has 0 heterocycles. The number of hydrogen-bond donors (Lipinski definition) is 2. The summed E-state index contributed by atoms with van der Waals surface area (Å²) >= 11 is 0. The van der Waals surface area contributed by atoms with E-state index in [0.29, 0.717) is 31.3 Å². The summed E-state index contributed by atoms with van der Waals surface area (Å²) in [4.78, 5) is 37.4. The Kier molecular flexibility index (Phi) is 6.44. The maximum atomic E-state index is 17.2. The van der Waals surface area contributed by atoms with E-state index in [4.69, 9.17) is 9.47 Å². The monoisotopic (exact) mass is 492 g/mol. The van der Waals surface area contributed by atoms with Crippen LogP contribution in [0, 0.1) is 28.6 Å². The predicted octanol–water partition coefficient (Wildman–Crippen LogP) is 4.77. The molecule has 0 amide bonds. The lowest BCUT2D eigenvalue weighted by Crippen LogP contribution is -2.69. The number of carbonyl (C=O) groups is 3. The number of aliphatic hydroxyl groups is 1. The molecule has 4 aliphatic rings. The van der Waals surface area contributed by atoms with Crippen molar-refractivity contribution in [1.82, 2.24) is 0 Å². The molecular weight excluding hydrogens is 455 g/mol. The highest BCUT2D eigenvalue weighted by molar-refractivity contribution is 6.01. The van der Waals surface area contributed by atoms with Gasteiger partial charge in [-0.25, -0.2) is 14.0 Å². The normalized spacial score (nSPS) is 44.1. The Morgan fingerprint density at radius 3 is 2.60 bits per heavy atom. The Bertz CT molecular complexity index is 975. The molecule has 4 aliphatic carbocycles. The van der Waals surface area contributed by atoms with E-state index < -0.39 is 58.1 Å². The van der Waals surface area contributed by atoms with E-state index in [-0.39, 0.29) is 18.8 Å². The summed E-state index contributed by atoms with van der Waals surface area (Å²) in [6.45, 7) is 7.28. The molecule has 0 saturated heterocycles. The molecule has 194 valence electrons. The van der Waals surface area contributed by atoms with E-state index in [1.165, 1.54) is 12.2 Å². The Balaban J connectivity index is 1.70. The zero-order valence-corrected chi connectivity index (χ0v) is 21.0. The number of hydrogen-bond acceptors (Lipinski definition) is 6. The number of rotatable bonds is 6. The van der Waals surface area contributed by atoms with Crippen molar-refractivity contribution in [3.05, 3.63) is 23.8 Å². The van der Waals surface area contributed by atoms with E-state index in [9.17, 15) is 24.6 Å². The van der Waals surface area contributed by atoms with Crippen molar-refractivity contribution in [3.8, 4) is 0 Å². The lowest BCUT2D eigenvalue weighted by molar-refractivity contribution is -0.228. The summed E-state index contributed by atoms with van der Waals surface area (Å²) in [6, 6.07) is 0. The molecule has 4 rings (SSSR count). The summed E-state index contributed by atoms with van der Waals surface area (Å²) in [7, 11) is 0. The van der Waals surface area contributed by atoms with Gasteiger partial charge >= 0.3 is 12.1 Å². The molecule has 8 heteroatoms. The maximum Gasteiger partial charge on any atom is 0.509 e. The number of unbranched alkanes of at least 4 members (excludes halogenated alkanes) is 2. The highest BCUT2D eigenvalue weighted by Gasteiger charge is 2.77. The van der Waals surface area contributed by atoms with Crippen molar-refractivity contribution < 1.29 is 38.5 Å². The number of allylic oxidation sites excluding steroid dienone is 4. The molecule has 2 N–H and O–H groups in total. The minimum Gasteiger partial charge on any atom is -0.478 e. The number of aliphatic carboxylic acids is 1. The molecule has 0 radical (unpaired) electrons. The van der Waals surface area contributed by atoms with E-state index in [0.717, 1.165) is 12.8 Å². The molecular formula is C27H37FO7. The number of alkyl halides is 1. The Hall–Kier alpha value is -2.22. The minimum atomic E-state index is -2.08. The molecule has 0 aromatic heterocycles. The van der Waals surface area contributed by atoms with Crippen molar-refractivity contribution in [1.29, 1.82) is 0 Å². The van der Waals surface area contributed by atoms with E-state index in [1.807, 2.05) is 6.92 Å². The SMILES string of the molecule is CCCCCOC(=O)O[C@]1(C(=O)O)[C@H](C)C[C@H]2[C@@H]3CCC4=CC(=O)C=C[C@]4(C)[C@@]3(F)[C@@H](O)C[C@@]21C. The number of fused-ring (bicyclic) bond motifs is 5. The van der Waals surface area contributed by atoms with Crippen LogP contribution in [-0.2, 0) is 19.1 Å². The first-order chi connectivity index (χ1) is 16.4. The van der Waals surface area contributed by atoms with Crippen molar-refractivity contribution in [3.63, 3.8) is 0 Å². The van der Waals surface area contributed by atoms with Crippen LogP contribution in [0.3, 0.4) is 0 Å². The van der Waals surface area contributed by atoms with Gasteiger partial charge in [0.25, 0.3) is 0 Å². The average Bonchev–Trinajstić information content (AvgIpc) is 3.00. The van der Waals surface area contributed by atoms with Crippen LogP contribution < -0.4 is 0 Å². The van der Waals surface area contributed by atoms with Crippen LogP contribution in [0.1, 0.15) is 72.6 Å². The lowest BCUT2D eigenvalue weighted by atomic mass is 9.45. The van der Waals surface area contributed by atoms with Gasteiger partial charge in [0.2, 0.25) is 5.60 Å². The average molecular weight is 493 g/mol. The molecule has 3 fully saturated rings. The Morgan fingerprint density at radius 1 is 1.23 bits per heavy atom. The molecule has 0 bridgehead atoms. The van der Waals surface area contributed by atoms with E-state index in [2.05, 4.69) is 0 Å². The standard InChI is InChI=1S/C27H37FO7/c1-5-6-7-12-34-23(33)35-27(22(31)32)16(2)13-20-19-9-8-17-14-18(29)10-11-24(17,3)26(19,28)21(30)15-25(20,27)4/h10-11,14,16,19-21,30H,5-9,12-13,15H2,1-4H3,(H,31,32)/t16-,19+,20+,21+,24+,25+,26+,27+/m1/s1. The minimum absolute atomic E-state index is 0.133. The van der Waals surface area contributed by atoms with Crippen LogP contribution in [0.5, 0.6) is 0 Å². The number of carboxylic acids is 1. The van der Waals surface area contributed by atoms with Gasteiger partial charge in [0.05, 0.1) is 12.7 Å². The van der Waals surface area contributed by atoms with Gasteiger partial charge in [-0.3, -0.25) is 4.79 Å². The summed E-state index contributed by atoms with van der Waals surface area (Å²) in [5.74, 6) is -3.21. The van der Waals surface area contributed by atoms with Crippen LogP contribution in [0.25, 0.3) is 0 Å². The third kappa shape index (κ3) is 3.42. The third-order valence-corrected chi connectivity index (χ3v) is 9.71. The molecule has 0 aromatic carbocycles. The second-order valence-corrected chi connectivity index (χ2v) is 11.3. The summed E-state index contributed by atoms with van der Waals surface area (Å²) in [6.07, 6.45) is 5.31. The third-order valence-electron chi connectivity index (χ3n) is 9.71. The van der Waals surface area contributed by atoms with Gasteiger partial charge in [-0.1, -0.05) is 45.3 Å². The topological polar surface area (TPSA) is 110 Å². The molecule has 0 aromatic rings. The van der Waals surface area contributed by atoms with Gasteiger partial charge in [0, 0.05) is 22.7 Å². The zero-order chi connectivity index (χ0) is 25.8. The molecule has 0 aliphatic heterocycles. The van der Waals surface area contributed by atoms with Crippen molar-refractivity contribution >= 4 is 17.9 Å². The van der Waals surface area contributed by atoms with E-state index in [1.54, 1.807) is 26.8 Å². The first-order valence-corrected chi connectivity index (χ1v) is 12.8. The van der Waals surface area contributed by atoms with Crippen LogP contribution in [0.15, 0.2) is 23.8 Å². The van der Waals surface area contributed by atoms with Crippen LogP contribution in [0.4, 0.5) is 9.18 Å².